The number of hydrogen-bond acceptors (Lipinski definition) is 3. The van der Waals surface area contributed by atoms with E-state index in [4.69, 9.17) is 10.2 Å². The van der Waals surface area contributed by atoms with E-state index in [0.29, 0.717) is 6.42 Å². The van der Waals surface area contributed by atoms with Crippen LogP contribution >= 0.6 is 0 Å². The van der Waals surface area contributed by atoms with Gasteiger partial charge in [-0.3, -0.25) is 10.1 Å². The number of allylic oxidation sites excluding steroid dienone is 1. The number of hydrogen-bond donors (Lipinski definition) is 3. The van der Waals surface area contributed by atoms with Crippen molar-refractivity contribution >= 4 is 5.97 Å². The molecule has 0 aliphatic rings. The Kier molecular flexibility index (Phi) is 17.4. The zero-order valence-corrected chi connectivity index (χ0v) is 11.8. The summed E-state index contributed by atoms with van der Waals surface area (Å²) in [4.78, 5) is 10.2. The molecule has 0 rings (SSSR count). The summed E-state index contributed by atoms with van der Waals surface area (Å²) in [5.74, 6) is -0.674. The Morgan fingerprint density at radius 2 is 1.67 bits per heavy atom. The predicted molar refractivity (Wildman–Crippen MR) is 75.5 cm³/mol. The Hall–Kier alpha value is -0.870. The maximum atomic E-state index is 10.2. The van der Waals surface area contributed by atoms with Gasteiger partial charge in [0, 0.05) is 6.42 Å². The second-order valence-corrected chi connectivity index (χ2v) is 4.31. The third-order valence-corrected chi connectivity index (χ3v) is 2.47. The van der Waals surface area contributed by atoms with E-state index in [-0.39, 0.29) is 6.23 Å². The van der Waals surface area contributed by atoms with Crippen LogP contribution in [0.15, 0.2) is 12.7 Å². The third-order valence-electron chi connectivity index (χ3n) is 2.47. The molecule has 0 aliphatic carbocycles. The number of rotatable bonds is 10. The summed E-state index contributed by atoms with van der Waals surface area (Å²) < 4.78 is 0. The van der Waals surface area contributed by atoms with Crippen LogP contribution in [0.2, 0.25) is 0 Å². The van der Waals surface area contributed by atoms with E-state index in [9.17, 15) is 4.79 Å². The summed E-state index contributed by atoms with van der Waals surface area (Å²) in [6.07, 6.45) is 9.78. The summed E-state index contributed by atoms with van der Waals surface area (Å²) in [6.45, 7) is 5.33. The molecule has 0 spiro atoms. The molecule has 0 heterocycles. The molecule has 0 radical (unpaired) electrons. The molecule has 4 nitrogen and oxygen atoms in total. The molecule has 0 fully saturated rings. The number of nitrogens with one attached hydrogen (secondary N) is 1. The van der Waals surface area contributed by atoms with Crippen LogP contribution in [0.5, 0.6) is 0 Å². The highest BCUT2D eigenvalue weighted by Crippen LogP contribution is 2.08. The molecule has 0 saturated carbocycles. The van der Waals surface area contributed by atoms with Crippen LogP contribution in [0.25, 0.3) is 0 Å². The lowest BCUT2D eigenvalue weighted by molar-refractivity contribution is -0.137. The van der Waals surface area contributed by atoms with Gasteiger partial charge in [0.05, 0.1) is 0 Å². The molecule has 108 valence electrons. The van der Waals surface area contributed by atoms with Crippen LogP contribution in [-0.4, -0.2) is 29.5 Å². The topological polar surface area (TPSA) is 69.6 Å². The summed E-state index contributed by atoms with van der Waals surface area (Å²) >= 11 is 0. The number of carbonyl (C=O) groups is 1. The molecule has 1 atom stereocenters. The molecule has 1 unspecified atom stereocenters. The van der Waals surface area contributed by atoms with Gasteiger partial charge in [-0.1, -0.05) is 31.8 Å². The number of aliphatic carboxylic acids is 1. The van der Waals surface area contributed by atoms with Gasteiger partial charge < -0.3 is 10.2 Å². The van der Waals surface area contributed by atoms with Gasteiger partial charge in [0.25, 0.3) is 0 Å². The summed E-state index contributed by atoms with van der Waals surface area (Å²) in [6, 6.07) is 0. The highest BCUT2D eigenvalue weighted by atomic mass is 16.4. The molecule has 0 amide bonds. The Labute approximate surface area is 111 Å². The fraction of sp³-hybridized carbons (Fsp3) is 0.786. The standard InChI is InChI=1S/C11H20O2.C3H9NO/c1-2-3-4-5-6-7-8-9-10-11(12)13;1-3(5)4-2/h2H,1,3-10H2,(H,12,13);3-5H,1-2H3. The zero-order chi connectivity index (χ0) is 14.2. The van der Waals surface area contributed by atoms with Crippen molar-refractivity contribution in [2.75, 3.05) is 7.05 Å². The summed E-state index contributed by atoms with van der Waals surface area (Å²) in [7, 11) is 1.70. The van der Waals surface area contributed by atoms with Crippen molar-refractivity contribution in [2.24, 2.45) is 0 Å². The summed E-state index contributed by atoms with van der Waals surface area (Å²) in [5, 5.41) is 19.2. The van der Waals surface area contributed by atoms with Crippen molar-refractivity contribution in [3.63, 3.8) is 0 Å². The lowest BCUT2D eigenvalue weighted by Crippen LogP contribution is -2.19. The minimum absolute atomic E-state index is 0.326. The van der Waals surface area contributed by atoms with Gasteiger partial charge in [0.1, 0.15) is 6.23 Å². The van der Waals surface area contributed by atoms with Gasteiger partial charge in [-0.2, -0.15) is 0 Å². The van der Waals surface area contributed by atoms with E-state index in [1.54, 1.807) is 14.0 Å². The van der Waals surface area contributed by atoms with E-state index in [2.05, 4.69) is 11.9 Å². The van der Waals surface area contributed by atoms with Crippen LogP contribution in [0, 0.1) is 0 Å². The molecule has 0 saturated heterocycles. The number of aliphatic hydroxyl groups is 1. The van der Waals surface area contributed by atoms with Crippen LogP contribution in [0.1, 0.15) is 58.3 Å². The first-order chi connectivity index (χ1) is 8.54. The fourth-order valence-electron chi connectivity index (χ4n) is 1.27. The normalized spacial score (nSPS) is 11.3. The van der Waals surface area contributed by atoms with Crippen molar-refractivity contribution in [3.05, 3.63) is 12.7 Å². The zero-order valence-electron chi connectivity index (χ0n) is 11.8. The van der Waals surface area contributed by atoms with Crippen LogP contribution in [0.3, 0.4) is 0 Å². The van der Waals surface area contributed by atoms with Crippen molar-refractivity contribution in [2.45, 2.75) is 64.5 Å². The lowest BCUT2D eigenvalue weighted by atomic mass is 10.1. The molecule has 4 heteroatoms. The molecule has 0 aromatic heterocycles. The molecular weight excluding hydrogens is 230 g/mol. The van der Waals surface area contributed by atoms with E-state index in [1.807, 2.05) is 6.08 Å². The number of carboxylic acids is 1. The average Bonchev–Trinajstić information content (AvgIpc) is 2.33. The van der Waals surface area contributed by atoms with E-state index < -0.39 is 5.97 Å². The Morgan fingerprint density at radius 1 is 1.22 bits per heavy atom. The van der Waals surface area contributed by atoms with Gasteiger partial charge in [-0.15, -0.1) is 6.58 Å². The van der Waals surface area contributed by atoms with Gasteiger partial charge in [-0.05, 0) is 33.2 Å². The first-order valence-electron chi connectivity index (χ1n) is 6.72. The lowest BCUT2D eigenvalue weighted by Gasteiger charge is -1.98. The second kappa shape index (κ2) is 16.1. The second-order valence-electron chi connectivity index (χ2n) is 4.31. The monoisotopic (exact) mass is 259 g/mol. The first kappa shape index (κ1) is 19.5. The molecule has 0 bridgehead atoms. The van der Waals surface area contributed by atoms with Crippen LogP contribution < -0.4 is 5.32 Å². The molecule has 0 aliphatic heterocycles. The Balaban J connectivity index is 0. The summed E-state index contributed by atoms with van der Waals surface area (Å²) in [5.41, 5.74) is 0. The smallest absolute Gasteiger partial charge is 0.303 e. The molecule has 0 aromatic rings. The Bertz CT molecular complexity index is 193. The van der Waals surface area contributed by atoms with Gasteiger partial charge in [-0.25, -0.2) is 0 Å². The molecule has 18 heavy (non-hydrogen) atoms. The number of unbranched alkanes of at least 4 members (excludes halogenated alkanes) is 6. The minimum atomic E-state index is -0.674. The van der Waals surface area contributed by atoms with Crippen LogP contribution in [0.4, 0.5) is 0 Å². The van der Waals surface area contributed by atoms with Gasteiger partial charge in [0.2, 0.25) is 0 Å². The van der Waals surface area contributed by atoms with Crippen molar-refractivity contribution in [3.8, 4) is 0 Å². The van der Waals surface area contributed by atoms with Gasteiger partial charge >= 0.3 is 5.97 Å². The maximum absolute atomic E-state index is 10.2. The first-order valence-corrected chi connectivity index (χ1v) is 6.72. The average molecular weight is 259 g/mol. The van der Waals surface area contributed by atoms with E-state index in [0.717, 1.165) is 19.3 Å². The molecule has 3 N–H and O–H groups in total. The van der Waals surface area contributed by atoms with Crippen molar-refractivity contribution < 1.29 is 15.0 Å². The highest BCUT2D eigenvalue weighted by Gasteiger charge is 1.95. The van der Waals surface area contributed by atoms with Gasteiger partial charge in [0.15, 0.2) is 0 Å². The van der Waals surface area contributed by atoms with Crippen molar-refractivity contribution in [1.29, 1.82) is 0 Å². The number of carboxylic acid groups (broad SMARTS) is 1. The highest BCUT2D eigenvalue weighted by molar-refractivity contribution is 5.66. The maximum Gasteiger partial charge on any atom is 0.303 e. The predicted octanol–water partition coefficient (Wildman–Crippen LogP) is 2.92. The van der Waals surface area contributed by atoms with Crippen LogP contribution in [-0.2, 0) is 4.79 Å². The van der Waals surface area contributed by atoms with Crippen molar-refractivity contribution in [1.82, 2.24) is 5.32 Å². The van der Waals surface area contributed by atoms with E-state index in [1.165, 1.54) is 25.7 Å². The number of aliphatic hydroxyl groups excluding tert-OH is 1. The fourth-order valence-corrected chi connectivity index (χ4v) is 1.27. The molecule has 0 aromatic carbocycles. The SMILES string of the molecule is C=CCCCCCCCCC(=O)O.CNC(C)O. The minimum Gasteiger partial charge on any atom is -0.481 e. The third kappa shape index (κ3) is 24.4. The largest absolute Gasteiger partial charge is 0.481 e. The molecular formula is C14H29NO3. The van der Waals surface area contributed by atoms with E-state index >= 15 is 0 Å². The quantitative estimate of drug-likeness (QED) is 0.320. The Morgan fingerprint density at radius 3 is 2.06 bits per heavy atom.